The van der Waals surface area contributed by atoms with E-state index in [-0.39, 0.29) is 38.6 Å². The maximum atomic E-state index is 14.4. The molecule has 0 spiro atoms. The molecule has 0 fully saturated rings. The first kappa shape index (κ1) is 24.8. The quantitative estimate of drug-likeness (QED) is 0.366. The van der Waals surface area contributed by atoms with Crippen molar-refractivity contribution in [3.8, 4) is 11.3 Å². The minimum absolute atomic E-state index is 0.00418. The molecule has 3 aromatic heterocycles. The lowest BCUT2D eigenvalue weighted by Crippen LogP contribution is -2.36. The van der Waals surface area contributed by atoms with Gasteiger partial charge >= 0.3 is 11.9 Å². The number of aromatic nitrogens is 3. The number of carbonyl (C=O) groups is 1. The number of alkyl halides is 3. The van der Waals surface area contributed by atoms with Crippen LogP contribution in [-0.4, -0.2) is 20.0 Å². The summed E-state index contributed by atoms with van der Waals surface area (Å²) in [5, 5.41) is 3.53. The average Bonchev–Trinajstić information content (AvgIpc) is 3.34. The molecule has 0 unspecified atom stereocenters. The van der Waals surface area contributed by atoms with Crippen LogP contribution in [0.15, 0.2) is 36.2 Å². The highest BCUT2D eigenvalue weighted by molar-refractivity contribution is 9.10. The summed E-state index contributed by atoms with van der Waals surface area (Å²) in [6.07, 6.45) is -5.64. The van der Waals surface area contributed by atoms with Gasteiger partial charge in [-0.15, -0.1) is 11.3 Å². The molecule has 8 nitrogen and oxygen atoms in total. The topological polar surface area (TPSA) is 99.1 Å². The summed E-state index contributed by atoms with van der Waals surface area (Å²) in [6, 6.07) is 1.30. The van der Waals surface area contributed by atoms with Gasteiger partial charge in [0.2, 0.25) is 11.6 Å². The van der Waals surface area contributed by atoms with E-state index in [0.29, 0.717) is 6.07 Å². The molecule has 0 radical (unpaired) electrons. The SMILES string of the molecule is Cn1c(=O)c2c(CC(=O)Nc3nc(-c4ccc(F)c(C(F)(F)F)c4F)cs3)c(Br)oc2n(C)c1=O. The lowest BCUT2D eigenvalue weighted by Gasteiger charge is -2.11. The Bertz CT molecular complexity index is 1620. The van der Waals surface area contributed by atoms with Gasteiger partial charge in [-0.05, 0) is 28.1 Å². The third-order valence-corrected chi connectivity index (χ3v) is 6.47. The molecule has 1 amide bonds. The van der Waals surface area contributed by atoms with Crippen LogP contribution < -0.4 is 16.6 Å². The van der Waals surface area contributed by atoms with Gasteiger partial charge in [-0.2, -0.15) is 13.2 Å². The van der Waals surface area contributed by atoms with E-state index in [2.05, 4.69) is 26.2 Å². The van der Waals surface area contributed by atoms with Gasteiger partial charge in [0.25, 0.3) is 5.56 Å². The Hall–Kier alpha value is -3.33. The molecule has 0 atom stereocenters. The van der Waals surface area contributed by atoms with Crippen LogP contribution in [0.3, 0.4) is 0 Å². The molecular weight excluding hydrogens is 567 g/mol. The van der Waals surface area contributed by atoms with Gasteiger partial charge in [-0.3, -0.25) is 18.7 Å². The van der Waals surface area contributed by atoms with Crippen molar-refractivity contribution in [2.24, 2.45) is 14.1 Å². The number of benzene rings is 1. The number of rotatable bonds is 4. The average molecular weight is 579 g/mol. The Morgan fingerprint density at radius 1 is 1.20 bits per heavy atom. The predicted molar refractivity (Wildman–Crippen MR) is 119 cm³/mol. The first-order chi connectivity index (χ1) is 16.3. The fourth-order valence-electron chi connectivity index (χ4n) is 3.39. The van der Waals surface area contributed by atoms with E-state index in [1.165, 1.54) is 19.5 Å². The molecular formula is C20H12BrF5N4O4S. The van der Waals surface area contributed by atoms with Crippen molar-refractivity contribution >= 4 is 49.4 Å². The summed E-state index contributed by atoms with van der Waals surface area (Å²) >= 11 is 3.92. The zero-order valence-electron chi connectivity index (χ0n) is 17.6. The number of thiazole rings is 1. The van der Waals surface area contributed by atoms with Crippen LogP contribution in [0.2, 0.25) is 0 Å². The number of aryl methyl sites for hydroxylation is 1. The number of nitrogens with zero attached hydrogens (tertiary/aromatic N) is 3. The van der Waals surface area contributed by atoms with E-state index < -0.39 is 46.1 Å². The molecule has 1 N–H and O–H groups in total. The maximum absolute atomic E-state index is 14.4. The highest BCUT2D eigenvalue weighted by Crippen LogP contribution is 2.38. The zero-order valence-corrected chi connectivity index (χ0v) is 20.0. The summed E-state index contributed by atoms with van der Waals surface area (Å²) < 4.78 is 74.4. The van der Waals surface area contributed by atoms with Gasteiger partial charge < -0.3 is 9.73 Å². The van der Waals surface area contributed by atoms with Crippen LogP contribution >= 0.6 is 27.3 Å². The molecule has 4 rings (SSSR count). The minimum atomic E-state index is -5.25. The molecule has 0 aliphatic heterocycles. The second kappa shape index (κ2) is 8.71. The Balaban J connectivity index is 1.63. The van der Waals surface area contributed by atoms with Crippen LogP contribution in [0.1, 0.15) is 11.1 Å². The van der Waals surface area contributed by atoms with E-state index in [4.69, 9.17) is 4.42 Å². The number of carbonyl (C=O) groups excluding carboxylic acids is 1. The summed E-state index contributed by atoms with van der Waals surface area (Å²) in [5.41, 5.74) is -4.07. The molecule has 0 bridgehead atoms. The van der Waals surface area contributed by atoms with Gasteiger partial charge in [-0.1, -0.05) is 0 Å². The van der Waals surface area contributed by atoms with Crippen molar-refractivity contribution < 1.29 is 31.2 Å². The molecule has 184 valence electrons. The maximum Gasteiger partial charge on any atom is 0.422 e. The number of hydrogen-bond acceptors (Lipinski definition) is 6. The van der Waals surface area contributed by atoms with Crippen molar-refractivity contribution in [1.82, 2.24) is 14.1 Å². The van der Waals surface area contributed by atoms with Gasteiger partial charge in [0, 0.05) is 30.6 Å². The molecule has 0 saturated carbocycles. The van der Waals surface area contributed by atoms with Crippen LogP contribution in [0.25, 0.3) is 22.4 Å². The molecule has 15 heteroatoms. The van der Waals surface area contributed by atoms with Crippen molar-refractivity contribution in [3.05, 3.63) is 65.8 Å². The molecule has 0 saturated heterocycles. The fraction of sp³-hybridized carbons (Fsp3) is 0.200. The number of hydrogen-bond donors (Lipinski definition) is 1. The molecule has 0 aliphatic carbocycles. The molecule has 0 aliphatic rings. The predicted octanol–water partition coefficient (Wildman–Crippen LogP) is 4.19. The minimum Gasteiger partial charge on any atom is -0.432 e. The van der Waals surface area contributed by atoms with Gasteiger partial charge in [0.15, 0.2) is 9.80 Å². The molecule has 35 heavy (non-hydrogen) atoms. The molecule has 4 aromatic rings. The lowest BCUT2D eigenvalue weighted by atomic mass is 10.1. The van der Waals surface area contributed by atoms with Crippen LogP contribution in [-0.2, 0) is 31.5 Å². The van der Waals surface area contributed by atoms with Crippen LogP contribution in [0.4, 0.5) is 27.1 Å². The number of furan rings is 1. The summed E-state index contributed by atoms with van der Waals surface area (Å²) in [6.45, 7) is 0. The Kier molecular flexibility index (Phi) is 6.17. The van der Waals surface area contributed by atoms with Crippen LogP contribution in [0, 0.1) is 11.6 Å². The van der Waals surface area contributed by atoms with Crippen molar-refractivity contribution in [3.63, 3.8) is 0 Å². The van der Waals surface area contributed by atoms with Crippen molar-refractivity contribution in [2.75, 3.05) is 5.32 Å². The molecule has 3 heterocycles. The number of anilines is 1. The highest BCUT2D eigenvalue weighted by atomic mass is 79.9. The Labute approximate surface area is 203 Å². The van der Waals surface area contributed by atoms with Gasteiger partial charge in [0.05, 0.1) is 12.1 Å². The van der Waals surface area contributed by atoms with Crippen molar-refractivity contribution in [1.29, 1.82) is 0 Å². The first-order valence-electron chi connectivity index (χ1n) is 9.49. The van der Waals surface area contributed by atoms with E-state index >= 15 is 0 Å². The number of amides is 1. The van der Waals surface area contributed by atoms with E-state index in [0.717, 1.165) is 26.5 Å². The van der Waals surface area contributed by atoms with Crippen molar-refractivity contribution in [2.45, 2.75) is 12.6 Å². The molecule has 1 aromatic carbocycles. The second-order valence-corrected chi connectivity index (χ2v) is 8.86. The number of fused-ring (bicyclic) bond motifs is 1. The van der Waals surface area contributed by atoms with Crippen LogP contribution in [0.5, 0.6) is 0 Å². The summed E-state index contributed by atoms with van der Waals surface area (Å²) in [4.78, 5) is 41.2. The largest absolute Gasteiger partial charge is 0.432 e. The summed E-state index contributed by atoms with van der Waals surface area (Å²) in [7, 11) is 2.66. The fourth-order valence-corrected chi connectivity index (χ4v) is 4.61. The standard InChI is InChI=1S/C20H12BrF5N4O4S/c1-29-16(32)12-8(15(21)34-17(12)30(2)19(29)33)5-11(31)28-18-27-10(6-35-18)7-3-4-9(22)13(14(7)23)20(24,25)26/h3-4,6H,5H2,1-2H3,(H,27,28,31). The summed E-state index contributed by atoms with van der Waals surface area (Å²) in [5.74, 6) is -4.26. The van der Waals surface area contributed by atoms with E-state index in [9.17, 15) is 36.3 Å². The monoisotopic (exact) mass is 578 g/mol. The number of halogens is 6. The number of nitrogens with one attached hydrogen (secondary N) is 1. The highest BCUT2D eigenvalue weighted by Gasteiger charge is 2.39. The normalized spacial score (nSPS) is 11.9. The van der Waals surface area contributed by atoms with E-state index in [1.807, 2.05) is 0 Å². The van der Waals surface area contributed by atoms with Gasteiger partial charge in [-0.25, -0.2) is 18.6 Å². The third kappa shape index (κ3) is 4.29. The Morgan fingerprint density at radius 2 is 1.89 bits per heavy atom. The van der Waals surface area contributed by atoms with E-state index in [1.54, 1.807) is 0 Å². The third-order valence-electron chi connectivity index (χ3n) is 5.07. The zero-order chi connectivity index (χ0) is 25.8. The smallest absolute Gasteiger partial charge is 0.422 e. The van der Waals surface area contributed by atoms with Gasteiger partial charge in [0.1, 0.15) is 22.6 Å². The first-order valence-corrected chi connectivity index (χ1v) is 11.2. The Morgan fingerprint density at radius 3 is 2.54 bits per heavy atom. The second-order valence-electron chi connectivity index (χ2n) is 7.28. The lowest BCUT2D eigenvalue weighted by molar-refractivity contribution is -0.142.